The second-order valence-electron chi connectivity index (χ2n) is 6.42. The van der Waals surface area contributed by atoms with Crippen LogP contribution in [0.25, 0.3) is 0 Å². The highest BCUT2D eigenvalue weighted by atomic mass is 16.3. The van der Waals surface area contributed by atoms with Gasteiger partial charge in [-0.2, -0.15) is 0 Å². The lowest BCUT2D eigenvalue weighted by Crippen LogP contribution is -2.38. The van der Waals surface area contributed by atoms with Crippen LogP contribution in [0, 0.1) is 0 Å². The molecule has 1 aliphatic rings. The number of carbonyl (C=O) groups is 2. The second-order valence-corrected chi connectivity index (χ2v) is 6.42. The quantitative estimate of drug-likeness (QED) is 0.730. The molecule has 142 valence electrons. The monoisotopic (exact) mass is 370 g/mol. The summed E-state index contributed by atoms with van der Waals surface area (Å²) < 4.78 is 0. The molecule has 1 aromatic heterocycles. The molecule has 1 atom stereocenters. The van der Waals surface area contributed by atoms with Crippen LogP contribution in [0.15, 0.2) is 36.7 Å². The summed E-state index contributed by atoms with van der Waals surface area (Å²) in [7, 11) is 0. The van der Waals surface area contributed by atoms with Crippen LogP contribution in [-0.4, -0.2) is 56.5 Å². The number of benzene rings is 1. The molecule has 0 saturated carbocycles. The van der Waals surface area contributed by atoms with E-state index in [-0.39, 0.29) is 29.6 Å². The highest BCUT2D eigenvalue weighted by Gasteiger charge is 2.25. The van der Waals surface area contributed by atoms with Crippen molar-refractivity contribution in [3.05, 3.63) is 53.6 Å². The smallest absolute Gasteiger partial charge is 0.274 e. The van der Waals surface area contributed by atoms with Gasteiger partial charge in [-0.1, -0.05) is 12.1 Å². The number of rotatable bonds is 5. The van der Waals surface area contributed by atoms with E-state index < -0.39 is 12.0 Å². The number of phenols is 1. The van der Waals surface area contributed by atoms with Crippen LogP contribution >= 0.6 is 0 Å². The van der Waals surface area contributed by atoms with Crippen LogP contribution < -0.4 is 5.32 Å². The molecule has 1 aromatic carbocycles. The molecule has 27 heavy (non-hydrogen) atoms. The molecule has 0 spiro atoms. The molecule has 8 heteroatoms. The van der Waals surface area contributed by atoms with E-state index in [4.69, 9.17) is 0 Å². The van der Waals surface area contributed by atoms with Gasteiger partial charge >= 0.3 is 0 Å². The van der Waals surface area contributed by atoms with Crippen LogP contribution in [0.3, 0.4) is 0 Å². The molecule has 1 fully saturated rings. The minimum Gasteiger partial charge on any atom is -0.508 e. The van der Waals surface area contributed by atoms with E-state index in [1.54, 1.807) is 17.0 Å². The number of piperidine rings is 1. The first-order valence-electron chi connectivity index (χ1n) is 8.91. The number of nitrogens with zero attached hydrogens (tertiary/aromatic N) is 3. The van der Waals surface area contributed by atoms with E-state index in [1.165, 1.54) is 24.5 Å². The fraction of sp³-hybridized carbons (Fsp3) is 0.368. The highest BCUT2D eigenvalue weighted by Crippen LogP contribution is 2.17. The fourth-order valence-electron chi connectivity index (χ4n) is 2.99. The van der Waals surface area contributed by atoms with Gasteiger partial charge < -0.3 is 20.4 Å². The number of amides is 2. The lowest BCUT2D eigenvalue weighted by Gasteiger charge is -2.26. The molecule has 2 amide bonds. The highest BCUT2D eigenvalue weighted by molar-refractivity contribution is 6.04. The lowest BCUT2D eigenvalue weighted by atomic mass is 10.1. The van der Waals surface area contributed by atoms with E-state index in [0.29, 0.717) is 18.7 Å². The molecule has 2 aromatic rings. The van der Waals surface area contributed by atoms with Crippen molar-refractivity contribution in [1.29, 1.82) is 0 Å². The van der Waals surface area contributed by atoms with Crippen molar-refractivity contribution < 1.29 is 19.8 Å². The van der Waals surface area contributed by atoms with Gasteiger partial charge in [0, 0.05) is 32.0 Å². The summed E-state index contributed by atoms with van der Waals surface area (Å²) in [5.74, 6) is -0.774. The third-order valence-corrected chi connectivity index (χ3v) is 4.49. The molecule has 3 rings (SSSR count). The number of aromatic nitrogens is 2. The summed E-state index contributed by atoms with van der Waals surface area (Å²) in [5, 5.41) is 22.1. The van der Waals surface area contributed by atoms with Gasteiger partial charge in [-0.3, -0.25) is 9.59 Å². The van der Waals surface area contributed by atoms with Crippen molar-refractivity contribution in [2.45, 2.75) is 25.4 Å². The van der Waals surface area contributed by atoms with E-state index in [1.807, 2.05) is 0 Å². The first-order valence-corrected chi connectivity index (χ1v) is 8.91. The number of nitrogens with one attached hydrogen (secondary N) is 1. The maximum atomic E-state index is 12.7. The average Bonchev–Trinajstić information content (AvgIpc) is 2.72. The molecule has 1 aliphatic heterocycles. The van der Waals surface area contributed by atoms with E-state index in [0.717, 1.165) is 19.3 Å². The number of hydrogen-bond donors (Lipinski definition) is 3. The zero-order valence-electron chi connectivity index (χ0n) is 14.8. The zero-order chi connectivity index (χ0) is 19.2. The molecule has 2 heterocycles. The molecular weight excluding hydrogens is 348 g/mol. The number of carbonyl (C=O) groups excluding carboxylic acids is 2. The number of hydrogen-bond acceptors (Lipinski definition) is 6. The molecule has 8 nitrogen and oxygen atoms in total. The number of aromatic hydroxyl groups is 1. The van der Waals surface area contributed by atoms with Crippen LogP contribution in [0.2, 0.25) is 0 Å². The predicted molar refractivity (Wildman–Crippen MR) is 97.2 cm³/mol. The summed E-state index contributed by atoms with van der Waals surface area (Å²) in [6.07, 6.45) is 4.76. The Morgan fingerprint density at radius 1 is 1.04 bits per heavy atom. The molecule has 0 unspecified atom stereocenters. The Hall–Kier alpha value is -3.00. The van der Waals surface area contributed by atoms with Gasteiger partial charge in [0.15, 0.2) is 11.4 Å². The molecule has 0 radical (unpaired) electrons. The van der Waals surface area contributed by atoms with E-state index in [2.05, 4.69) is 15.3 Å². The summed E-state index contributed by atoms with van der Waals surface area (Å²) >= 11 is 0. The van der Waals surface area contributed by atoms with Gasteiger partial charge in [0.1, 0.15) is 5.75 Å². The summed E-state index contributed by atoms with van der Waals surface area (Å²) in [5.41, 5.74) is 0.527. The summed E-state index contributed by atoms with van der Waals surface area (Å²) in [6.45, 7) is 1.24. The third-order valence-electron chi connectivity index (χ3n) is 4.49. The van der Waals surface area contributed by atoms with Crippen LogP contribution in [0.4, 0.5) is 0 Å². The maximum absolute atomic E-state index is 12.7. The normalized spacial score (nSPS) is 15.2. The van der Waals surface area contributed by atoms with Crippen molar-refractivity contribution >= 4 is 11.8 Å². The Kier molecular flexibility index (Phi) is 5.97. The Morgan fingerprint density at radius 3 is 2.33 bits per heavy atom. The lowest BCUT2D eigenvalue weighted by molar-refractivity contribution is 0.0710. The topological polar surface area (TPSA) is 116 Å². The molecule has 0 aliphatic carbocycles. The molecule has 0 bridgehead atoms. The first kappa shape index (κ1) is 18.8. The van der Waals surface area contributed by atoms with Crippen LogP contribution in [0.1, 0.15) is 51.9 Å². The van der Waals surface area contributed by atoms with E-state index >= 15 is 0 Å². The first-order chi connectivity index (χ1) is 13.1. The standard InChI is InChI=1S/C19H22N4O4/c24-14-6-4-13(5-7-14)15(25)12-22-18(26)16-17(21-9-8-20-16)19(27)23-10-2-1-3-11-23/h4-9,15,24-25H,1-3,10-12H2,(H,22,26)/t15-/m0/s1. The minimum absolute atomic E-state index is 0.0241. The van der Waals surface area contributed by atoms with Crippen molar-refractivity contribution in [1.82, 2.24) is 20.2 Å². The van der Waals surface area contributed by atoms with Crippen LogP contribution in [0.5, 0.6) is 5.75 Å². The van der Waals surface area contributed by atoms with Gasteiger partial charge in [-0.15, -0.1) is 0 Å². The van der Waals surface area contributed by atoms with Gasteiger partial charge in [0.05, 0.1) is 6.10 Å². The van der Waals surface area contributed by atoms with Crippen molar-refractivity contribution in [2.75, 3.05) is 19.6 Å². The van der Waals surface area contributed by atoms with Gasteiger partial charge in [0.25, 0.3) is 11.8 Å². The number of aliphatic hydroxyl groups excluding tert-OH is 1. The fourth-order valence-corrected chi connectivity index (χ4v) is 2.99. The Balaban J connectivity index is 1.67. The van der Waals surface area contributed by atoms with Crippen LogP contribution in [-0.2, 0) is 0 Å². The number of likely N-dealkylation sites (tertiary alicyclic amines) is 1. The van der Waals surface area contributed by atoms with Crippen molar-refractivity contribution in [2.24, 2.45) is 0 Å². The predicted octanol–water partition coefficient (Wildman–Crippen LogP) is 1.27. The van der Waals surface area contributed by atoms with E-state index in [9.17, 15) is 19.8 Å². The van der Waals surface area contributed by atoms with Gasteiger partial charge in [-0.25, -0.2) is 9.97 Å². The average molecular weight is 370 g/mol. The maximum Gasteiger partial charge on any atom is 0.274 e. The zero-order valence-corrected chi connectivity index (χ0v) is 14.8. The SMILES string of the molecule is O=C(NC[C@H](O)c1ccc(O)cc1)c1nccnc1C(=O)N1CCCCC1. The third kappa shape index (κ3) is 4.59. The second kappa shape index (κ2) is 8.59. The summed E-state index contributed by atoms with van der Waals surface area (Å²) in [4.78, 5) is 35.0. The summed E-state index contributed by atoms with van der Waals surface area (Å²) in [6, 6.07) is 6.05. The Bertz CT molecular complexity index is 804. The largest absolute Gasteiger partial charge is 0.508 e. The van der Waals surface area contributed by atoms with Crippen molar-refractivity contribution in [3.63, 3.8) is 0 Å². The van der Waals surface area contributed by atoms with Gasteiger partial charge in [-0.05, 0) is 37.0 Å². The number of phenolic OH excluding ortho intramolecular Hbond substituents is 1. The molecule has 3 N–H and O–H groups in total. The van der Waals surface area contributed by atoms with Crippen molar-refractivity contribution in [3.8, 4) is 5.75 Å². The number of aliphatic hydroxyl groups is 1. The molecular formula is C19H22N4O4. The molecule has 1 saturated heterocycles. The Labute approximate surface area is 156 Å². The minimum atomic E-state index is -0.951. The van der Waals surface area contributed by atoms with Gasteiger partial charge in [0.2, 0.25) is 0 Å². The Morgan fingerprint density at radius 2 is 1.67 bits per heavy atom.